The minimum atomic E-state index is 0.178. The van der Waals surface area contributed by atoms with Gasteiger partial charge in [-0.25, -0.2) is 0 Å². The van der Waals surface area contributed by atoms with Gasteiger partial charge in [0.25, 0.3) is 0 Å². The second-order valence-electron chi connectivity index (χ2n) is 6.01. The number of pyridine rings is 1. The summed E-state index contributed by atoms with van der Waals surface area (Å²) in [6.07, 6.45) is 6.98. The number of halogens is 1. The van der Waals surface area contributed by atoms with E-state index in [2.05, 4.69) is 41.8 Å². The maximum atomic E-state index is 5.93. The zero-order valence-corrected chi connectivity index (χ0v) is 14.5. The molecule has 0 amide bonds. The van der Waals surface area contributed by atoms with Crippen LogP contribution in [0.1, 0.15) is 30.2 Å². The first-order chi connectivity index (χ1) is 12.2. The minimum Gasteiger partial charge on any atom is -0.484 e. The third-order valence-electron chi connectivity index (χ3n) is 4.38. The lowest BCUT2D eigenvalue weighted by Crippen LogP contribution is -2.37. The summed E-state index contributed by atoms with van der Waals surface area (Å²) >= 11 is 5.93. The van der Waals surface area contributed by atoms with Gasteiger partial charge < -0.3 is 9.30 Å². The molecule has 4 heterocycles. The van der Waals surface area contributed by atoms with Crippen molar-refractivity contribution in [2.45, 2.75) is 32.7 Å². The van der Waals surface area contributed by atoms with Crippen molar-refractivity contribution in [2.24, 2.45) is 0 Å². The van der Waals surface area contributed by atoms with E-state index in [1.165, 1.54) is 0 Å². The van der Waals surface area contributed by atoms with Gasteiger partial charge in [0.05, 0.1) is 23.5 Å². The lowest BCUT2D eigenvalue weighted by Gasteiger charge is -2.33. The first-order valence-electron chi connectivity index (χ1n) is 8.08. The van der Waals surface area contributed by atoms with Gasteiger partial charge in [-0.1, -0.05) is 11.6 Å². The van der Waals surface area contributed by atoms with Crippen LogP contribution in [0.5, 0.6) is 5.75 Å². The van der Waals surface area contributed by atoms with E-state index in [1.54, 1.807) is 18.5 Å². The van der Waals surface area contributed by atoms with Crippen LogP contribution in [0.2, 0.25) is 5.02 Å². The van der Waals surface area contributed by atoms with E-state index >= 15 is 0 Å². The zero-order chi connectivity index (χ0) is 17.2. The SMILES string of the molecule is CC1c2nnc(COc3cncc(Cl)c3)n2CCN1Cc1cn[nH]c1. The highest BCUT2D eigenvalue weighted by molar-refractivity contribution is 6.30. The molecule has 1 aliphatic heterocycles. The van der Waals surface area contributed by atoms with Crippen molar-refractivity contribution in [2.75, 3.05) is 6.54 Å². The Bertz CT molecular complexity index is 848. The van der Waals surface area contributed by atoms with E-state index in [-0.39, 0.29) is 6.04 Å². The summed E-state index contributed by atoms with van der Waals surface area (Å²) in [5.74, 6) is 2.39. The molecule has 130 valence electrons. The number of H-pyrrole nitrogens is 1. The molecule has 8 nitrogen and oxygen atoms in total. The summed E-state index contributed by atoms with van der Waals surface area (Å²) in [4.78, 5) is 6.38. The molecule has 0 aliphatic carbocycles. The molecular formula is C16H18ClN7O. The first-order valence-corrected chi connectivity index (χ1v) is 8.45. The van der Waals surface area contributed by atoms with Crippen molar-refractivity contribution in [1.82, 2.24) is 34.8 Å². The molecule has 25 heavy (non-hydrogen) atoms. The Labute approximate surface area is 149 Å². The molecule has 0 saturated heterocycles. The van der Waals surface area contributed by atoms with Gasteiger partial charge in [-0.05, 0) is 6.92 Å². The Hall–Kier alpha value is -2.45. The second kappa shape index (κ2) is 6.81. The summed E-state index contributed by atoms with van der Waals surface area (Å²) in [7, 11) is 0. The molecule has 0 saturated carbocycles. The highest BCUT2D eigenvalue weighted by atomic mass is 35.5. The first kappa shape index (κ1) is 16.0. The number of aromatic amines is 1. The fourth-order valence-corrected chi connectivity index (χ4v) is 3.19. The number of nitrogens with zero attached hydrogens (tertiary/aromatic N) is 6. The Morgan fingerprint density at radius 1 is 1.28 bits per heavy atom. The van der Waals surface area contributed by atoms with Gasteiger partial charge in [0.1, 0.15) is 18.2 Å². The molecule has 0 radical (unpaired) electrons. The lowest BCUT2D eigenvalue weighted by atomic mass is 10.2. The van der Waals surface area contributed by atoms with Crippen LogP contribution >= 0.6 is 11.6 Å². The predicted molar refractivity (Wildman–Crippen MR) is 91.0 cm³/mol. The molecule has 0 spiro atoms. The van der Waals surface area contributed by atoms with E-state index in [1.807, 2.05) is 12.4 Å². The van der Waals surface area contributed by atoms with Crippen LogP contribution < -0.4 is 4.74 Å². The molecule has 4 rings (SSSR count). The van der Waals surface area contributed by atoms with Gasteiger partial charge in [-0.15, -0.1) is 10.2 Å². The topological polar surface area (TPSA) is 84.8 Å². The standard InChI is InChI=1S/C16H18ClN7O/c1-11-16-22-21-15(10-25-14-4-13(17)7-18-8-14)24(16)3-2-23(11)9-12-5-19-20-6-12/h4-8,11H,2-3,9-10H2,1H3,(H,19,20). The quantitative estimate of drug-likeness (QED) is 0.751. The highest BCUT2D eigenvalue weighted by Crippen LogP contribution is 2.26. The predicted octanol–water partition coefficient (Wildman–Crippen LogP) is 2.21. The number of aromatic nitrogens is 6. The third kappa shape index (κ3) is 3.35. The molecule has 1 unspecified atom stereocenters. The molecule has 1 atom stereocenters. The number of nitrogens with one attached hydrogen (secondary N) is 1. The summed E-state index contributed by atoms with van der Waals surface area (Å²) in [6.45, 7) is 5.07. The van der Waals surface area contributed by atoms with Crippen LogP contribution in [-0.2, 0) is 19.7 Å². The molecule has 1 aliphatic rings. The third-order valence-corrected chi connectivity index (χ3v) is 4.58. The fourth-order valence-electron chi connectivity index (χ4n) is 3.03. The van der Waals surface area contributed by atoms with Crippen LogP contribution in [0, 0.1) is 0 Å². The number of ether oxygens (including phenoxy) is 1. The summed E-state index contributed by atoms with van der Waals surface area (Å²) in [5.41, 5.74) is 1.16. The van der Waals surface area contributed by atoms with Crippen LogP contribution in [0.3, 0.4) is 0 Å². The molecule has 0 bridgehead atoms. The summed E-state index contributed by atoms with van der Waals surface area (Å²) < 4.78 is 7.88. The van der Waals surface area contributed by atoms with Crippen LogP contribution in [0.15, 0.2) is 30.9 Å². The van der Waals surface area contributed by atoms with E-state index < -0.39 is 0 Å². The van der Waals surface area contributed by atoms with E-state index in [4.69, 9.17) is 16.3 Å². The molecule has 1 N–H and O–H groups in total. The molecule has 3 aromatic heterocycles. The Morgan fingerprint density at radius 2 is 2.20 bits per heavy atom. The number of hydrogen-bond acceptors (Lipinski definition) is 6. The Kier molecular flexibility index (Phi) is 4.37. The van der Waals surface area contributed by atoms with Crippen LogP contribution in [0.4, 0.5) is 0 Å². The molecule has 9 heteroatoms. The smallest absolute Gasteiger partial charge is 0.171 e. The van der Waals surface area contributed by atoms with Crippen molar-refractivity contribution in [3.8, 4) is 5.75 Å². The fraction of sp³-hybridized carbons (Fsp3) is 0.375. The zero-order valence-electron chi connectivity index (χ0n) is 13.8. The van der Waals surface area contributed by atoms with Crippen molar-refractivity contribution in [3.63, 3.8) is 0 Å². The van der Waals surface area contributed by atoms with Gasteiger partial charge >= 0.3 is 0 Å². The number of hydrogen-bond donors (Lipinski definition) is 1. The van der Waals surface area contributed by atoms with Crippen LogP contribution in [-0.4, -0.2) is 41.4 Å². The summed E-state index contributed by atoms with van der Waals surface area (Å²) in [5, 5.41) is 16.1. The van der Waals surface area contributed by atoms with Crippen molar-refractivity contribution >= 4 is 11.6 Å². The maximum absolute atomic E-state index is 5.93. The van der Waals surface area contributed by atoms with Gasteiger partial charge in [-0.2, -0.15) is 5.10 Å². The lowest BCUT2D eigenvalue weighted by molar-refractivity contribution is 0.152. The highest BCUT2D eigenvalue weighted by Gasteiger charge is 2.28. The minimum absolute atomic E-state index is 0.178. The van der Waals surface area contributed by atoms with Crippen molar-refractivity contribution in [1.29, 1.82) is 0 Å². The second-order valence-corrected chi connectivity index (χ2v) is 6.44. The van der Waals surface area contributed by atoms with Gasteiger partial charge in [0.15, 0.2) is 5.82 Å². The monoisotopic (exact) mass is 359 g/mol. The Morgan fingerprint density at radius 3 is 3.00 bits per heavy atom. The van der Waals surface area contributed by atoms with Gasteiger partial charge in [0.2, 0.25) is 0 Å². The molecular weight excluding hydrogens is 342 g/mol. The average molecular weight is 360 g/mol. The summed E-state index contributed by atoms with van der Waals surface area (Å²) in [6, 6.07) is 1.91. The van der Waals surface area contributed by atoms with Crippen molar-refractivity contribution < 1.29 is 4.74 Å². The van der Waals surface area contributed by atoms with Crippen LogP contribution in [0.25, 0.3) is 0 Å². The molecule has 0 aromatic carbocycles. The normalized spacial score (nSPS) is 17.4. The van der Waals surface area contributed by atoms with E-state index in [9.17, 15) is 0 Å². The number of rotatable bonds is 5. The van der Waals surface area contributed by atoms with Gasteiger partial charge in [-0.3, -0.25) is 15.0 Å². The number of fused-ring (bicyclic) bond motifs is 1. The average Bonchev–Trinajstić information content (AvgIpc) is 3.26. The van der Waals surface area contributed by atoms with E-state index in [0.717, 1.165) is 36.8 Å². The van der Waals surface area contributed by atoms with E-state index in [0.29, 0.717) is 17.4 Å². The van der Waals surface area contributed by atoms with Crippen molar-refractivity contribution in [3.05, 3.63) is 53.1 Å². The maximum Gasteiger partial charge on any atom is 0.171 e. The molecule has 0 fully saturated rings. The largest absolute Gasteiger partial charge is 0.484 e. The molecule has 3 aromatic rings. The Balaban J connectivity index is 1.46. The van der Waals surface area contributed by atoms with Gasteiger partial charge in [0, 0.05) is 43.7 Å².